The first kappa shape index (κ1) is 9.83. The molecule has 0 bridgehead atoms. The van der Waals surface area contributed by atoms with Crippen LogP contribution in [0.2, 0.25) is 0 Å². The van der Waals surface area contributed by atoms with Gasteiger partial charge in [0.25, 0.3) is 0 Å². The summed E-state index contributed by atoms with van der Waals surface area (Å²) in [6.45, 7) is 4.84. The quantitative estimate of drug-likeness (QED) is 0.762. The second kappa shape index (κ2) is 3.46. The number of aromatic nitrogens is 1. The van der Waals surface area contributed by atoms with E-state index < -0.39 is 0 Å². The molecule has 0 aliphatic heterocycles. The lowest BCUT2D eigenvalue weighted by molar-refractivity contribution is 0.238. The highest BCUT2D eigenvalue weighted by atomic mass is 16.5. The van der Waals surface area contributed by atoms with Crippen molar-refractivity contribution < 1.29 is 4.52 Å². The Balaban J connectivity index is 2.63. The highest BCUT2D eigenvalue weighted by Crippen LogP contribution is 2.16. The van der Waals surface area contributed by atoms with E-state index in [9.17, 15) is 4.79 Å². The van der Waals surface area contributed by atoms with Crippen LogP contribution < -0.4 is 11.4 Å². The van der Waals surface area contributed by atoms with E-state index in [1.54, 1.807) is 16.9 Å². The molecule has 4 nitrogen and oxygen atoms in total. The molecule has 80 valence electrons. The van der Waals surface area contributed by atoms with Crippen molar-refractivity contribution in [3.05, 3.63) is 28.6 Å². The molecular weight excluding hydrogens is 192 g/mol. The summed E-state index contributed by atoms with van der Waals surface area (Å²) in [6, 6.07) is 5.24. The molecule has 0 radical (unpaired) electrons. The van der Waals surface area contributed by atoms with E-state index in [-0.39, 0.29) is 5.63 Å². The standard InChI is InChI=1S/C11H14N2O2/c1-7(2)6-13-10-4-3-8(12)5-9(10)11(14)15-13/h3-5,7H,6,12H2,1-2H3. The number of hydrogen-bond donors (Lipinski definition) is 1. The fraction of sp³-hybridized carbons (Fsp3) is 0.364. The van der Waals surface area contributed by atoms with Crippen LogP contribution in [0.5, 0.6) is 0 Å². The highest BCUT2D eigenvalue weighted by molar-refractivity contribution is 5.81. The fourth-order valence-electron chi connectivity index (χ4n) is 1.60. The van der Waals surface area contributed by atoms with E-state index in [4.69, 9.17) is 10.3 Å². The third kappa shape index (κ3) is 1.75. The number of rotatable bonds is 2. The molecule has 2 rings (SSSR count). The van der Waals surface area contributed by atoms with Crippen LogP contribution in [0.3, 0.4) is 0 Å². The molecular formula is C11H14N2O2. The van der Waals surface area contributed by atoms with Gasteiger partial charge in [0.2, 0.25) is 0 Å². The molecule has 0 atom stereocenters. The van der Waals surface area contributed by atoms with Gasteiger partial charge in [-0.2, -0.15) is 0 Å². The van der Waals surface area contributed by atoms with Gasteiger partial charge in [0.15, 0.2) is 0 Å². The van der Waals surface area contributed by atoms with Crippen LogP contribution in [0.1, 0.15) is 13.8 Å². The molecule has 15 heavy (non-hydrogen) atoms. The lowest BCUT2D eigenvalue weighted by atomic mass is 10.2. The molecule has 0 amide bonds. The largest absolute Gasteiger partial charge is 0.399 e. The number of nitrogens with two attached hydrogens (primary N) is 1. The zero-order chi connectivity index (χ0) is 11.0. The Morgan fingerprint density at radius 3 is 2.87 bits per heavy atom. The van der Waals surface area contributed by atoms with Crippen molar-refractivity contribution >= 4 is 16.6 Å². The molecule has 0 saturated carbocycles. The zero-order valence-electron chi connectivity index (χ0n) is 8.86. The van der Waals surface area contributed by atoms with Gasteiger partial charge in [-0.15, -0.1) is 0 Å². The van der Waals surface area contributed by atoms with Crippen LogP contribution in [0.15, 0.2) is 27.5 Å². The van der Waals surface area contributed by atoms with Gasteiger partial charge in [-0.3, -0.25) is 0 Å². The zero-order valence-corrected chi connectivity index (χ0v) is 8.86. The fourth-order valence-corrected chi connectivity index (χ4v) is 1.60. The highest BCUT2D eigenvalue weighted by Gasteiger charge is 2.09. The van der Waals surface area contributed by atoms with E-state index in [1.807, 2.05) is 6.07 Å². The average molecular weight is 206 g/mol. The number of nitrogens with zero attached hydrogens (tertiary/aromatic N) is 1. The maximum Gasteiger partial charge on any atom is 0.365 e. The molecule has 1 heterocycles. The van der Waals surface area contributed by atoms with Crippen LogP contribution in [-0.4, -0.2) is 4.74 Å². The van der Waals surface area contributed by atoms with Crippen molar-refractivity contribution in [3.8, 4) is 0 Å². The normalized spacial score (nSPS) is 11.4. The topological polar surface area (TPSA) is 61.2 Å². The number of hydrogen-bond acceptors (Lipinski definition) is 3. The summed E-state index contributed by atoms with van der Waals surface area (Å²) in [5, 5.41) is 0.552. The van der Waals surface area contributed by atoms with Gasteiger partial charge in [0, 0.05) is 5.69 Å². The molecule has 0 aliphatic carbocycles. The molecule has 2 N–H and O–H groups in total. The molecule has 0 saturated heterocycles. The van der Waals surface area contributed by atoms with Crippen molar-refractivity contribution in [1.29, 1.82) is 0 Å². The summed E-state index contributed by atoms with van der Waals surface area (Å²) >= 11 is 0. The summed E-state index contributed by atoms with van der Waals surface area (Å²) in [5.74, 6) is 0.432. The second-order valence-corrected chi connectivity index (χ2v) is 4.11. The third-order valence-corrected chi connectivity index (χ3v) is 2.23. The van der Waals surface area contributed by atoms with E-state index >= 15 is 0 Å². The Kier molecular flexibility index (Phi) is 2.26. The lowest BCUT2D eigenvalue weighted by Gasteiger charge is -2.04. The minimum Gasteiger partial charge on any atom is -0.399 e. The van der Waals surface area contributed by atoms with Gasteiger partial charge in [0.1, 0.15) is 0 Å². The summed E-state index contributed by atoms with van der Waals surface area (Å²) in [7, 11) is 0. The molecule has 2 aromatic rings. The average Bonchev–Trinajstić information content (AvgIpc) is 2.42. The Hall–Kier alpha value is -1.71. The Labute approximate surface area is 87.2 Å². The lowest BCUT2D eigenvalue weighted by Crippen LogP contribution is -2.03. The van der Waals surface area contributed by atoms with Crippen LogP contribution in [0, 0.1) is 5.92 Å². The van der Waals surface area contributed by atoms with E-state index in [0.29, 0.717) is 23.5 Å². The first-order valence-electron chi connectivity index (χ1n) is 4.97. The van der Waals surface area contributed by atoms with Crippen molar-refractivity contribution in [2.45, 2.75) is 20.4 Å². The molecule has 1 aromatic heterocycles. The Morgan fingerprint density at radius 1 is 1.47 bits per heavy atom. The van der Waals surface area contributed by atoms with Gasteiger partial charge in [-0.1, -0.05) is 13.8 Å². The minimum absolute atomic E-state index is 0.321. The maximum absolute atomic E-state index is 11.5. The van der Waals surface area contributed by atoms with E-state index in [0.717, 1.165) is 5.52 Å². The number of nitrogen functional groups attached to an aromatic ring is 1. The van der Waals surface area contributed by atoms with Crippen LogP contribution >= 0.6 is 0 Å². The van der Waals surface area contributed by atoms with Crippen LogP contribution in [0.25, 0.3) is 10.9 Å². The molecule has 4 heteroatoms. The van der Waals surface area contributed by atoms with Crippen LogP contribution in [-0.2, 0) is 6.54 Å². The predicted molar refractivity (Wildman–Crippen MR) is 59.7 cm³/mol. The molecule has 0 aliphatic rings. The number of benzene rings is 1. The van der Waals surface area contributed by atoms with Crippen molar-refractivity contribution in [2.24, 2.45) is 5.92 Å². The third-order valence-electron chi connectivity index (χ3n) is 2.23. The van der Waals surface area contributed by atoms with Gasteiger partial charge in [-0.25, -0.2) is 9.53 Å². The van der Waals surface area contributed by atoms with Gasteiger partial charge < -0.3 is 10.3 Å². The number of fused-ring (bicyclic) bond motifs is 1. The summed E-state index contributed by atoms with van der Waals surface area (Å²) in [4.78, 5) is 11.5. The molecule has 0 unspecified atom stereocenters. The Morgan fingerprint density at radius 2 is 2.20 bits per heavy atom. The van der Waals surface area contributed by atoms with E-state index in [2.05, 4.69) is 13.8 Å². The molecule has 0 fully saturated rings. The molecule has 1 aromatic carbocycles. The minimum atomic E-state index is -0.321. The van der Waals surface area contributed by atoms with Crippen molar-refractivity contribution in [1.82, 2.24) is 4.74 Å². The molecule has 0 spiro atoms. The Bertz CT molecular complexity index is 537. The smallest absolute Gasteiger partial charge is 0.365 e. The maximum atomic E-state index is 11.5. The van der Waals surface area contributed by atoms with Gasteiger partial charge >= 0.3 is 5.63 Å². The summed E-state index contributed by atoms with van der Waals surface area (Å²) in [5.41, 5.74) is 6.68. The van der Waals surface area contributed by atoms with Crippen LogP contribution in [0.4, 0.5) is 5.69 Å². The van der Waals surface area contributed by atoms with Crippen molar-refractivity contribution in [2.75, 3.05) is 5.73 Å². The predicted octanol–water partition coefficient (Wildman–Crippen LogP) is 1.83. The second-order valence-electron chi connectivity index (χ2n) is 4.11. The summed E-state index contributed by atoms with van der Waals surface area (Å²) < 4.78 is 6.76. The SMILES string of the molecule is CC(C)Cn1oc(=O)c2cc(N)ccc21. The van der Waals surface area contributed by atoms with E-state index in [1.165, 1.54) is 0 Å². The van der Waals surface area contributed by atoms with Crippen molar-refractivity contribution in [3.63, 3.8) is 0 Å². The monoisotopic (exact) mass is 206 g/mol. The first-order chi connectivity index (χ1) is 7.08. The summed E-state index contributed by atoms with van der Waals surface area (Å²) in [6.07, 6.45) is 0. The first-order valence-corrected chi connectivity index (χ1v) is 4.97. The van der Waals surface area contributed by atoms with Gasteiger partial charge in [0.05, 0.1) is 17.4 Å². The number of anilines is 1. The van der Waals surface area contributed by atoms with Gasteiger partial charge in [-0.05, 0) is 24.1 Å².